The first-order valence-electron chi connectivity index (χ1n) is 18.0. The van der Waals surface area contributed by atoms with Crippen molar-refractivity contribution in [2.24, 2.45) is 28.1 Å². The number of carbonyl (C=O) groups excluding carboxylic acids is 3. The van der Waals surface area contributed by atoms with Crippen molar-refractivity contribution in [3.05, 3.63) is 82.5 Å². The molecular weight excluding hydrogens is 628 g/mol. The van der Waals surface area contributed by atoms with E-state index in [2.05, 4.69) is 18.7 Å². The van der Waals surface area contributed by atoms with Crippen molar-refractivity contribution in [1.82, 2.24) is 0 Å². The summed E-state index contributed by atoms with van der Waals surface area (Å²) >= 11 is 0. The van der Waals surface area contributed by atoms with Crippen LogP contribution in [0.3, 0.4) is 0 Å². The van der Waals surface area contributed by atoms with E-state index in [1.807, 2.05) is 74.5 Å². The number of phenols is 2. The molecule has 0 spiro atoms. The van der Waals surface area contributed by atoms with Crippen LogP contribution in [0.4, 0.5) is 0 Å². The van der Waals surface area contributed by atoms with Crippen molar-refractivity contribution in [2.45, 2.75) is 126 Å². The number of aliphatic hydroxyl groups is 2. The van der Waals surface area contributed by atoms with Gasteiger partial charge in [0.1, 0.15) is 5.92 Å². The smallest absolute Gasteiger partial charge is 0.176 e. The fourth-order valence-corrected chi connectivity index (χ4v) is 8.23. The second-order valence-electron chi connectivity index (χ2n) is 16.0. The molecule has 50 heavy (non-hydrogen) atoms. The Hall–Kier alpha value is -3.55. The van der Waals surface area contributed by atoms with Gasteiger partial charge in [-0.3, -0.25) is 14.4 Å². The third kappa shape index (κ3) is 8.00. The van der Waals surface area contributed by atoms with Crippen LogP contribution in [-0.2, 0) is 9.59 Å². The van der Waals surface area contributed by atoms with Crippen molar-refractivity contribution in [2.75, 3.05) is 0 Å². The summed E-state index contributed by atoms with van der Waals surface area (Å²) in [5.41, 5.74) is 0.877. The number of fused-ring (bicyclic) bond motifs is 2. The normalized spacial score (nSPS) is 28.5. The van der Waals surface area contributed by atoms with Crippen molar-refractivity contribution < 1.29 is 34.8 Å². The highest BCUT2D eigenvalue weighted by Crippen LogP contribution is 2.68. The van der Waals surface area contributed by atoms with E-state index in [4.69, 9.17) is 0 Å². The molecule has 1 aromatic carbocycles. The summed E-state index contributed by atoms with van der Waals surface area (Å²) in [7, 11) is 0. The first-order chi connectivity index (χ1) is 23.2. The molecule has 3 rings (SSSR count). The van der Waals surface area contributed by atoms with Crippen LogP contribution in [-0.4, -0.2) is 50.0 Å². The van der Waals surface area contributed by atoms with Gasteiger partial charge in [0.15, 0.2) is 28.8 Å². The van der Waals surface area contributed by atoms with E-state index >= 15 is 9.59 Å². The average molecular weight is 689 g/mol. The van der Waals surface area contributed by atoms with Gasteiger partial charge in [-0.2, -0.15) is 0 Å². The summed E-state index contributed by atoms with van der Waals surface area (Å²) < 4.78 is 0. The van der Waals surface area contributed by atoms with Gasteiger partial charge in [0.25, 0.3) is 0 Å². The molecule has 0 aliphatic heterocycles. The highest BCUT2D eigenvalue weighted by Gasteiger charge is 2.75. The molecule has 1 aromatic rings. The number of benzene rings is 1. The van der Waals surface area contributed by atoms with Crippen molar-refractivity contribution >= 4 is 17.3 Å². The van der Waals surface area contributed by atoms with E-state index in [-0.39, 0.29) is 36.5 Å². The van der Waals surface area contributed by atoms with Crippen LogP contribution in [0.1, 0.15) is 124 Å². The van der Waals surface area contributed by atoms with E-state index in [9.17, 15) is 25.2 Å². The SMILES string of the molecule is C=C(C)[C@H](O)CC/C(C)=C/C[C@@H]1C[C@@]2(CC=C(C)C)C(=O)[C@](CC=C(C)C)(C(=O)C(C(=O)c3ccc(O)c(O)c3)C2O)[C@@]1(C)CCC=C(C)C. The number of aliphatic hydroxyl groups excluding tert-OH is 2. The van der Waals surface area contributed by atoms with Gasteiger partial charge in [0.05, 0.1) is 23.0 Å². The Morgan fingerprint density at radius 1 is 0.920 bits per heavy atom. The van der Waals surface area contributed by atoms with E-state index < -0.39 is 57.4 Å². The summed E-state index contributed by atoms with van der Waals surface area (Å²) in [5.74, 6) is -4.20. The van der Waals surface area contributed by atoms with Gasteiger partial charge in [-0.15, -0.1) is 0 Å². The number of hydrogen-bond acceptors (Lipinski definition) is 7. The van der Waals surface area contributed by atoms with Crippen LogP contribution in [0.5, 0.6) is 11.5 Å². The van der Waals surface area contributed by atoms with Gasteiger partial charge in [-0.1, -0.05) is 65.7 Å². The first kappa shape index (κ1) is 40.9. The van der Waals surface area contributed by atoms with Gasteiger partial charge < -0.3 is 20.4 Å². The molecule has 2 aliphatic carbocycles. The number of carbonyl (C=O) groups is 3. The van der Waals surface area contributed by atoms with Gasteiger partial charge in [-0.25, -0.2) is 0 Å². The third-order valence-electron chi connectivity index (χ3n) is 11.5. The molecule has 0 aromatic heterocycles. The van der Waals surface area contributed by atoms with Crippen LogP contribution in [0.15, 0.2) is 76.9 Å². The molecule has 4 N–H and O–H groups in total. The van der Waals surface area contributed by atoms with Gasteiger partial charge in [-0.05, 0) is 136 Å². The molecule has 274 valence electrons. The van der Waals surface area contributed by atoms with Crippen molar-refractivity contribution in [3.63, 3.8) is 0 Å². The Balaban J connectivity index is 2.36. The van der Waals surface area contributed by atoms with E-state index in [0.29, 0.717) is 37.7 Å². The van der Waals surface area contributed by atoms with Crippen LogP contribution in [0, 0.1) is 28.1 Å². The Labute approximate surface area is 299 Å². The topological polar surface area (TPSA) is 132 Å². The summed E-state index contributed by atoms with van der Waals surface area (Å²) in [6, 6.07) is 3.64. The summed E-state index contributed by atoms with van der Waals surface area (Å²) in [6.45, 7) is 21.5. The van der Waals surface area contributed by atoms with Crippen molar-refractivity contribution in [1.29, 1.82) is 0 Å². The van der Waals surface area contributed by atoms with Gasteiger partial charge >= 0.3 is 0 Å². The zero-order chi connectivity index (χ0) is 37.8. The number of allylic oxidation sites excluding steroid dienone is 8. The fourth-order valence-electron chi connectivity index (χ4n) is 8.23. The monoisotopic (exact) mass is 688 g/mol. The van der Waals surface area contributed by atoms with Gasteiger partial charge in [0.2, 0.25) is 0 Å². The number of hydrogen-bond donors (Lipinski definition) is 4. The summed E-state index contributed by atoms with van der Waals surface area (Å²) in [4.78, 5) is 45.2. The molecule has 7 atom stereocenters. The Morgan fingerprint density at radius 3 is 2.08 bits per heavy atom. The van der Waals surface area contributed by atoms with E-state index in [1.165, 1.54) is 12.1 Å². The van der Waals surface area contributed by atoms with Crippen LogP contribution >= 0.6 is 0 Å². The largest absolute Gasteiger partial charge is 0.504 e. The number of Topliss-reactive ketones (excluding diaryl/α,β-unsaturated/α-hetero) is 3. The molecule has 0 radical (unpaired) electrons. The first-order valence-corrected chi connectivity index (χ1v) is 18.0. The lowest BCUT2D eigenvalue weighted by molar-refractivity contribution is -0.199. The molecule has 2 fully saturated rings. The summed E-state index contributed by atoms with van der Waals surface area (Å²) in [5, 5.41) is 43.0. The van der Waals surface area contributed by atoms with Gasteiger partial charge in [0, 0.05) is 5.56 Å². The lowest BCUT2D eigenvalue weighted by Crippen LogP contribution is -2.74. The maximum atomic E-state index is 15.4. The molecule has 7 nitrogen and oxygen atoms in total. The lowest BCUT2D eigenvalue weighted by Gasteiger charge is -2.64. The predicted molar refractivity (Wildman–Crippen MR) is 200 cm³/mol. The Bertz CT molecular complexity index is 1600. The van der Waals surface area contributed by atoms with E-state index in [1.54, 1.807) is 0 Å². The molecule has 0 amide bonds. The second kappa shape index (κ2) is 16.2. The van der Waals surface area contributed by atoms with Crippen LogP contribution in [0.2, 0.25) is 0 Å². The molecule has 2 unspecified atom stereocenters. The zero-order valence-electron chi connectivity index (χ0n) is 31.7. The second-order valence-corrected chi connectivity index (χ2v) is 16.0. The highest BCUT2D eigenvalue weighted by molar-refractivity contribution is 6.23. The number of rotatable bonds is 15. The number of aromatic hydroxyl groups is 2. The minimum Gasteiger partial charge on any atom is -0.504 e. The minimum atomic E-state index is -1.62. The molecular formula is C43H60O7. The summed E-state index contributed by atoms with van der Waals surface area (Å²) in [6.07, 6.45) is 9.43. The van der Waals surface area contributed by atoms with Crippen LogP contribution < -0.4 is 0 Å². The fraction of sp³-hybridized carbons (Fsp3) is 0.558. The predicted octanol–water partition coefficient (Wildman–Crippen LogP) is 8.92. The Morgan fingerprint density at radius 2 is 1.52 bits per heavy atom. The average Bonchev–Trinajstić information content (AvgIpc) is 3.03. The lowest BCUT2D eigenvalue weighted by atomic mass is 9.36. The molecule has 2 saturated carbocycles. The molecule has 7 heteroatoms. The standard InChI is InChI=1S/C43H60O7/c1-26(2)12-11-21-41(10)32(16-13-30(9)14-17-33(44)29(7)8)25-42(22-19-27(3)4)38(48)36(37(47)31-15-18-34(45)35(46)24-31)39(49)43(41,40(42)50)23-20-28(5)6/h12-13,15,18-20,24,32-33,36,38,44-46,48H,7,11,14,16-17,21-23,25H2,1-6,8-10H3/b30-13+/t32-,33-,36?,38?,41+,42-,43+/m1/s1. The maximum Gasteiger partial charge on any atom is 0.176 e. The maximum absolute atomic E-state index is 15.4. The van der Waals surface area contributed by atoms with Crippen molar-refractivity contribution in [3.8, 4) is 11.5 Å². The molecule has 2 bridgehead atoms. The third-order valence-corrected chi connectivity index (χ3v) is 11.5. The Kier molecular flexibility index (Phi) is 13.2. The quantitative estimate of drug-likeness (QED) is 0.0626. The minimum absolute atomic E-state index is 0.0156. The highest BCUT2D eigenvalue weighted by atomic mass is 16.3. The molecule has 2 aliphatic rings. The molecule has 0 saturated heterocycles. The van der Waals surface area contributed by atoms with Crippen LogP contribution in [0.25, 0.3) is 0 Å². The zero-order valence-corrected chi connectivity index (χ0v) is 31.7. The molecule has 0 heterocycles. The van der Waals surface area contributed by atoms with E-state index in [0.717, 1.165) is 28.4 Å². The number of ketones is 3. The number of phenolic OH excluding ortho intramolecular Hbond substituents is 2.